The molecule has 0 spiro atoms. The molecule has 0 aliphatic heterocycles. The minimum Gasteiger partial charge on any atom is -0.480 e. The Balaban J connectivity index is 2.20. The standard InChI is InChI=1S/C11H8N6O2/c18-9(19)6-17-11(14-15-16-17)7-2-1-3-8-10(7)13-5-4-12-8/h1-5H,6H2,(H,18,19). The number of tetrazole rings is 1. The first kappa shape index (κ1) is 11.2. The highest BCUT2D eigenvalue weighted by molar-refractivity contribution is 5.89. The molecule has 0 saturated carbocycles. The monoisotopic (exact) mass is 256 g/mol. The van der Waals surface area contributed by atoms with Crippen LogP contribution in [-0.4, -0.2) is 41.3 Å². The lowest BCUT2D eigenvalue weighted by molar-refractivity contribution is -0.137. The molecule has 1 N–H and O–H groups in total. The number of aromatic nitrogens is 6. The summed E-state index contributed by atoms with van der Waals surface area (Å²) in [6, 6.07) is 5.39. The van der Waals surface area contributed by atoms with E-state index in [0.29, 0.717) is 22.4 Å². The van der Waals surface area contributed by atoms with Crippen LogP contribution in [0.1, 0.15) is 0 Å². The molecular weight excluding hydrogens is 248 g/mol. The van der Waals surface area contributed by atoms with Crippen LogP contribution in [0.2, 0.25) is 0 Å². The number of carboxylic acids is 1. The second kappa shape index (κ2) is 4.41. The van der Waals surface area contributed by atoms with Crippen molar-refractivity contribution in [2.45, 2.75) is 6.54 Å². The summed E-state index contributed by atoms with van der Waals surface area (Å²) in [6.07, 6.45) is 3.16. The molecule has 1 aromatic carbocycles. The number of fused-ring (bicyclic) bond motifs is 1. The van der Waals surface area contributed by atoms with E-state index in [2.05, 4.69) is 25.5 Å². The third-order valence-corrected chi connectivity index (χ3v) is 2.56. The van der Waals surface area contributed by atoms with Crippen molar-refractivity contribution in [3.8, 4) is 11.4 Å². The Morgan fingerprint density at radius 1 is 1.26 bits per heavy atom. The van der Waals surface area contributed by atoms with Crippen LogP contribution in [0.15, 0.2) is 30.6 Å². The third kappa shape index (κ3) is 1.99. The molecule has 3 rings (SSSR count). The van der Waals surface area contributed by atoms with Crippen LogP contribution in [-0.2, 0) is 11.3 Å². The van der Waals surface area contributed by atoms with Gasteiger partial charge in [-0.3, -0.25) is 14.8 Å². The molecular formula is C11H8N6O2. The second-order valence-electron chi connectivity index (χ2n) is 3.78. The number of carboxylic acid groups (broad SMARTS) is 1. The van der Waals surface area contributed by atoms with Gasteiger partial charge in [-0.25, -0.2) is 4.68 Å². The van der Waals surface area contributed by atoms with E-state index in [-0.39, 0.29) is 6.54 Å². The number of rotatable bonds is 3. The maximum absolute atomic E-state index is 10.8. The van der Waals surface area contributed by atoms with E-state index in [1.807, 2.05) is 6.07 Å². The molecule has 0 fully saturated rings. The van der Waals surface area contributed by atoms with E-state index < -0.39 is 5.97 Å². The summed E-state index contributed by atoms with van der Waals surface area (Å²) in [6.45, 7) is -0.307. The molecule has 0 aliphatic carbocycles. The molecule has 0 aliphatic rings. The van der Waals surface area contributed by atoms with Crippen molar-refractivity contribution in [1.29, 1.82) is 0 Å². The van der Waals surface area contributed by atoms with Gasteiger partial charge in [0.05, 0.1) is 11.0 Å². The molecule has 0 amide bonds. The van der Waals surface area contributed by atoms with Gasteiger partial charge in [0.2, 0.25) is 0 Å². The zero-order chi connectivity index (χ0) is 13.2. The molecule has 0 atom stereocenters. The van der Waals surface area contributed by atoms with Crippen LogP contribution in [0.4, 0.5) is 0 Å². The highest BCUT2D eigenvalue weighted by Gasteiger charge is 2.14. The molecule has 0 unspecified atom stereocenters. The summed E-state index contributed by atoms with van der Waals surface area (Å²) in [5.41, 5.74) is 1.98. The summed E-state index contributed by atoms with van der Waals surface area (Å²) >= 11 is 0. The van der Waals surface area contributed by atoms with Crippen LogP contribution in [0.3, 0.4) is 0 Å². The van der Waals surface area contributed by atoms with Crippen LogP contribution in [0.25, 0.3) is 22.4 Å². The van der Waals surface area contributed by atoms with Crippen molar-refractivity contribution in [3.05, 3.63) is 30.6 Å². The fourth-order valence-electron chi connectivity index (χ4n) is 1.81. The van der Waals surface area contributed by atoms with Crippen LogP contribution in [0.5, 0.6) is 0 Å². The van der Waals surface area contributed by atoms with Gasteiger partial charge in [0, 0.05) is 18.0 Å². The highest BCUT2D eigenvalue weighted by Crippen LogP contribution is 2.23. The van der Waals surface area contributed by atoms with Crippen molar-refractivity contribution < 1.29 is 9.90 Å². The van der Waals surface area contributed by atoms with Crippen molar-refractivity contribution >= 4 is 17.0 Å². The summed E-state index contributed by atoms with van der Waals surface area (Å²) in [7, 11) is 0. The fraction of sp³-hybridized carbons (Fsp3) is 0.0909. The van der Waals surface area contributed by atoms with Gasteiger partial charge >= 0.3 is 5.97 Å². The van der Waals surface area contributed by atoms with Crippen LogP contribution < -0.4 is 0 Å². The normalized spacial score (nSPS) is 10.7. The zero-order valence-electron chi connectivity index (χ0n) is 9.63. The van der Waals surface area contributed by atoms with E-state index in [9.17, 15) is 4.79 Å². The SMILES string of the molecule is O=C(O)Cn1nnnc1-c1cccc2nccnc12. The molecule has 3 aromatic rings. The van der Waals surface area contributed by atoms with Gasteiger partial charge in [-0.1, -0.05) is 6.07 Å². The average molecular weight is 256 g/mol. The Morgan fingerprint density at radius 3 is 2.95 bits per heavy atom. The Labute approximate surface area is 106 Å². The van der Waals surface area contributed by atoms with E-state index in [0.717, 1.165) is 0 Å². The highest BCUT2D eigenvalue weighted by atomic mass is 16.4. The second-order valence-corrected chi connectivity index (χ2v) is 3.78. The first-order chi connectivity index (χ1) is 9.25. The van der Waals surface area contributed by atoms with Gasteiger partial charge in [-0.2, -0.15) is 0 Å². The Morgan fingerprint density at radius 2 is 2.11 bits per heavy atom. The number of hydrogen-bond acceptors (Lipinski definition) is 6. The van der Waals surface area contributed by atoms with Crippen molar-refractivity contribution in [2.75, 3.05) is 0 Å². The van der Waals surface area contributed by atoms with Gasteiger partial charge < -0.3 is 5.11 Å². The molecule has 8 heteroatoms. The van der Waals surface area contributed by atoms with Gasteiger partial charge in [-0.15, -0.1) is 5.10 Å². The average Bonchev–Trinajstić information content (AvgIpc) is 2.85. The topological polar surface area (TPSA) is 107 Å². The molecule has 8 nitrogen and oxygen atoms in total. The molecule has 0 radical (unpaired) electrons. The lowest BCUT2D eigenvalue weighted by Crippen LogP contribution is -2.11. The molecule has 19 heavy (non-hydrogen) atoms. The smallest absolute Gasteiger partial charge is 0.325 e. The van der Waals surface area contributed by atoms with Gasteiger partial charge in [0.1, 0.15) is 6.54 Å². The number of para-hydroxylation sites is 1. The van der Waals surface area contributed by atoms with Crippen LogP contribution >= 0.6 is 0 Å². The van der Waals surface area contributed by atoms with E-state index >= 15 is 0 Å². The molecule has 2 heterocycles. The first-order valence-corrected chi connectivity index (χ1v) is 5.44. The number of benzene rings is 1. The number of nitrogens with zero attached hydrogens (tertiary/aromatic N) is 6. The van der Waals surface area contributed by atoms with Crippen molar-refractivity contribution in [1.82, 2.24) is 30.2 Å². The Hall–Kier alpha value is -2.90. The van der Waals surface area contributed by atoms with Crippen molar-refractivity contribution in [3.63, 3.8) is 0 Å². The van der Waals surface area contributed by atoms with E-state index in [1.54, 1.807) is 24.5 Å². The molecule has 0 bridgehead atoms. The quantitative estimate of drug-likeness (QED) is 0.721. The first-order valence-electron chi connectivity index (χ1n) is 5.44. The number of aliphatic carboxylic acids is 1. The summed E-state index contributed by atoms with van der Waals surface area (Å²) in [5.74, 6) is -0.659. The van der Waals surface area contributed by atoms with E-state index in [1.165, 1.54) is 4.68 Å². The molecule has 94 valence electrons. The Bertz CT molecular complexity index is 748. The maximum atomic E-state index is 10.8. The summed E-state index contributed by atoms with van der Waals surface area (Å²) in [5, 5.41) is 19.9. The minimum absolute atomic E-state index is 0.307. The fourth-order valence-corrected chi connectivity index (χ4v) is 1.81. The lowest BCUT2D eigenvalue weighted by Gasteiger charge is -2.04. The zero-order valence-corrected chi connectivity index (χ0v) is 9.63. The summed E-state index contributed by atoms with van der Waals surface area (Å²) < 4.78 is 1.21. The van der Waals surface area contributed by atoms with Gasteiger partial charge in [0.25, 0.3) is 0 Å². The van der Waals surface area contributed by atoms with Gasteiger partial charge in [-0.05, 0) is 22.6 Å². The minimum atomic E-state index is -1.01. The van der Waals surface area contributed by atoms with Crippen LogP contribution in [0, 0.1) is 0 Å². The van der Waals surface area contributed by atoms with Crippen molar-refractivity contribution in [2.24, 2.45) is 0 Å². The number of carbonyl (C=O) groups is 1. The Kier molecular flexibility index (Phi) is 2.60. The molecule has 0 saturated heterocycles. The van der Waals surface area contributed by atoms with E-state index in [4.69, 9.17) is 5.11 Å². The number of hydrogen-bond donors (Lipinski definition) is 1. The molecule has 2 aromatic heterocycles. The maximum Gasteiger partial charge on any atom is 0.325 e. The third-order valence-electron chi connectivity index (χ3n) is 2.56. The summed E-state index contributed by atoms with van der Waals surface area (Å²) in [4.78, 5) is 19.2. The lowest BCUT2D eigenvalue weighted by atomic mass is 10.1. The largest absolute Gasteiger partial charge is 0.480 e. The predicted octanol–water partition coefficient (Wildman–Crippen LogP) is 0.368. The van der Waals surface area contributed by atoms with Gasteiger partial charge in [0.15, 0.2) is 5.82 Å². The predicted molar refractivity (Wildman–Crippen MR) is 64.0 cm³/mol.